The lowest BCUT2D eigenvalue weighted by atomic mass is 10.2. The molecule has 0 bridgehead atoms. The molecule has 0 N–H and O–H groups in total. The molecule has 0 amide bonds. The van der Waals surface area contributed by atoms with Gasteiger partial charge in [0.1, 0.15) is 0 Å². The molecule has 0 aliphatic carbocycles. The Morgan fingerprint density at radius 1 is 1.47 bits per heavy atom. The predicted molar refractivity (Wildman–Crippen MR) is 70.1 cm³/mol. The molecule has 1 atom stereocenters. The van der Waals surface area contributed by atoms with Gasteiger partial charge in [0.2, 0.25) is 10.0 Å². The van der Waals surface area contributed by atoms with Crippen LogP contribution < -0.4 is 0 Å². The van der Waals surface area contributed by atoms with Crippen molar-refractivity contribution < 1.29 is 13.2 Å². The molecule has 19 heavy (non-hydrogen) atoms. The van der Waals surface area contributed by atoms with E-state index in [9.17, 15) is 8.42 Å². The molecule has 0 spiro atoms. The van der Waals surface area contributed by atoms with Crippen LogP contribution in [0, 0.1) is 18.3 Å². The van der Waals surface area contributed by atoms with E-state index >= 15 is 0 Å². The topological polar surface area (TPSA) is 70.4 Å². The van der Waals surface area contributed by atoms with E-state index in [2.05, 4.69) is 0 Å². The van der Waals surface area contributed by atoms with Gasteiger partial charge in [-0.25, -0.2) is 8.42 Å². The van der Waals surface area contributed by atoms with Gasteiger partial charge in [0.15, 0.2) is 0 Å². The van der Waals surface area contributed by atoms with Crippen LogP contribution in [0.5, 0.6) is 0 Å². The van der Waals surface area contributed by atoms with E-state index in [1.165, 1.54) is 16.4 Å². The van der Waals surface area contributed by atoms with Gasteiger partial charge in [-0.3, -0.25) is 0 Å². The van der Waals surface area contributed by atoms with Gasteiger partial charge in [0.25, 0.3) is 0 Å². The van der Waals surface area contributed by atoms with E-state index in [-0.39, 0.29) is 11.0 Å². The van der Waals surface area contributed by atoms with Crippen molar-refractivity contribution in [1.82, 2.24) is 4.31 Å². The Balaban J connectivity index is 2.33. The van der Waals surface area contributed by atoms with Gasteiger partial charge in [-0.1, -0.05) is 0 Å². The van der Waals surface area contributed by atoms with Gasteiger partial charge in [0.05, 0.1) is 22.6 Å². The van der Waals surface area contributed by atoms with Crippen molar-refractivity contribution in [2.45, 2.75) is 24.3 Å². The summed E-state index contributed by atoms with van der Waals surface area (Å²) in [6.07, 6.45) is 0.680. The summed E-state index contributed by atoms with van der Waals surface area (Å²) in [5.41, 5.74) is 1.06. The fourth-order valence-electron chi connectivity index (χ4n) is 2.26. The van der Waals surface area contributed by atoms with Crippen molar-refractivity contribution in [3.63, 3.8) is 0 Å². The van der Waals surface area contributed by atoms with Crippen molar-refractivity contribution in [3.8, 4) is 6.07 Å². The molecule has 1 aliphatic rings. The minimum atomic E-state index is -3.49. The Bertz CT molecular complexity index is 619. The highest BCUT2D eigenvalue weighted by Crippen LogP contribution is 2.25. The maximum Gasteiger partial charge on any atom is 0.243 e. The summed E-state index contributed by atoms with van der Waals surface area (Å²) in [4.78, 5) is 0.267. The number of rotatable bonds is 3. The van der Waals surface area contributed by atoms with Crippen LogP contribution in [-0.4, -0.2) is 39.0 Å². The molecule has 2 rings (SSSR count). The molecule has 6 heteroatoms. The number of ether oxygens (including phenoxy) is 1. The van der Waals surface area contributed by atoms with E-state index in [0.29, 0.717) is 30.6 Å². The van der Waals surface area contributed by atoms with Crippen molar-refractivity contribution in [2.75, 3.05) is 20.2 Å². The molecule has 1 unspecified atom stereocenters. The molecule has 0 saturated carbocycles. The zero-order valence-electron chi connectivity index (χ0n) is 11.0. The molecule has 1 fully saturated rings. The van der Waals surface area contributed by atoms with Crippen LogP contribution in [0.25, 0.3) is 0 Å². The number of hydrogen-bond donors (Lipinski definition) is 0. The molecule has 1 heterocycles. The highest BCUT2D eigenvalue weighted by molar-refractivity contribution is 7.89. The Labute approximate surface area is 113 Å². The first-order valence-corrected chi connectivity index (χ1v) is 7.46. The fraction of sp³-hybridized carbons (Fsp3) is 0.462. The Morgan fingerprint density at radius 3 is 2.74 bits per heavy atom. The Morgan fingerprint density at radius 2 is 2.21 bits per heavy atom. The highest BCUT2D eigenvalue weighted by Gasteiger charge is 2.33. The quantitative estimate of drug-likeness (QED) is 0.836. The molecule has 1 saturated heterocycles. The first-order valence-electron chi connectivity index (χ1n) is 6.02. The fourth-order valence-corrected chi connectivity index (χ4v) is 3.95. The lowest BCUT2D eigenvalue weighted by Gasteiger charge is -2.17. The van der Waals surface area contributed by atoms with Crippen molar-refractivity contribution >= 4 is 10.0 Å². The molecular formula is C13H16N2O3S. The molecule has 102 valence electrons. The first kappa shape index (κ1) is 14.0. The van der Waals surface area contributed by atoms with Gasteiger partial charge in [-0.15, -0.1) is 0 Å². The van der Waals surface area contributed by atoms with Crippen LogP contribution in [0.15, 0.2) is 23.1 Å². The number of aryl methyl sites for hydroxylation is 1. The third-order valence-electron chi connectivity index (χ3n) is 3.36. The average molecular weight is 280 g/mol. The summed E-state index contributed by atoms with van der Waals surface area (Å²) >= 11 is 0. The molecular weight excluding hydrogens is 264 g/mol. The van der Waals surface area contributed by atoms with E-state index in [4.69, 9.17) is 10.00 Å². The highest BCUT2D eigenvalue weighted by atomic mass is 32.2. The maximum atomic E-state index is 12.5. The summed E-state index contributed by atoms with van der Waals surface area (Å²) < 4.78 is 31.6. The van der Waals surface area contributed by atoms with Gasteiger partial charge >= 0.3 is 0 Å². The number of benzene rings is 1. The van der Waals surface area contributed by atoms with E-state index in [1.54, 1.807) is 20.1 Å². The summed E-state index contributed by atoms with van der Waals surface area (Å²) in [7, 11) is -1.90. The SMILES string of the molecule is COC1CCN(S(=O)(=O)c2ccc(C#N)cc2C)C1. The maximum absolute atomic E-state index is 12.5. The van der Waals surface area contributed by atoms with E-state index < -0.39 is 10.0 Å². The number of nitrogens with zero attached hydrogens (tertiary/aromatic N) is 2. The average Bonchev–Trinajstić information content (AvgIpc) is 2.87. The van der Waals surface area contributed by atoms with E-state index in [1.807, 2.05) is 6.07 Å². The van der Waals surface area contributed by atoms with Crippen molar-refractivity contribution in [3.05, 3.63) is 29.3 Å². The molecule has 0 radical (unpaired) electrons. The second-order valence-corrected chi connectivity index (χ2v) is 6.51. The van der Waals surface area contributed by atoms with Crippen LogP contribution >= 0.6 is 0 Å². The number of hydrogen-bond acceptors (Lipinski definition) is 4. The summed E-state index contributed by atoms with van der Waals surface area (Å²) in [5, 5.41) is 8.81. The molecule has 1 aromatic rings. The third-order valence-corrected chi connectivity index (χ3v) is 5.39. The minimum absolute atomic E-state index is 0.0338. The predicted octanol–water partition coefficient (Wildman–Crippen LogP) is 1.28. The standard InChI is InChI=1S/C13H16N2O3S/c1-10-7-11(8-14)3-4-13(10)19(16,17)15-6-5-12(9-15)18-2/h3-4,7,12H,5-6,9H2,1-2H3. The van der Waals surface area contributed by atoms with Crippen LogP contribution in [0.1, 0.15) is 17.5 Å². The summed E-state index contributed by atoms with van der Waals surface area (Å²) in [6.45, 7) is 2.57. The summed E-state index contributed by atoms with van der Waals surface area (Å²) in [5.74, 6) is 0. The zero-order chi connectivity index (χ0) is 14.0. The smallest absolute Gasteiger partial charge is 0.243 e. The lowest BCUT2D eigenvalue weighted by molar-refractivity contribution is 0.115. The van der Waals surface area contributed by atoms with Gasteiger partial charge in [-0.05, 0) is 37.1 Å². The molecule has 1 aliphatic heterocycles. The normalized spacial score (nSPS) is 20.4. The largest absolute Gasteiger partial charge is 0.380 e. The lowest BCUT2D eigenvalue weighted by Crippen LogP contribution is -2.30. The monoisotopic (exact) mass is 280 g/mol. The zero-order valence-corrected chi connectivity index (χ0v) is 11.8. The molecule has 5 nitrogen and oxygen atoms in total. The van der Waals surface area contributed by atoms with Gasteiger partial charge < -0.3 is 4.74 Å². The Kier molecular flexibility index (Phi) is 3.90. The number of methoxy groups -OCH3 is 1. The summed E-state index contributed by atoms with van der Waals surface area (Å²) in [6, 6.07) is 6.63. The number of sulfonamides is 1. The van der Waals surface area contributed by atoms with Crippen LogP contribution in [0.2, 0.25) is 0 Å². The van der Waals surface area contributed by atoms with Crippen LogP contribution in [0.4, 0.5) is 0 Å². The first-order chi connectivity index (χ1) is 8.98. The Hall–Kier alpha value is -1.42. The minimum Gasteiger partial charge on any atom is -0.380 e. The molecule has 0 aromatic heterocycles. The van der Waals surface area contributed by atoms with E-state index in [0.717, 1.165) is 0 Å². The van der Waals surface area contributed by atoms with Crippen molar-refractivity contribution in [2.24, 2.45) is 0 Å². The van der Waals surface area contributed by atoms with Crippen LogP contribution in [-0.2, 0) is 14.8 Å². The van der Waals surface area contributed by atoms with Gasteiger partial charge in [0, 0.05) is 20.2 Å². The van der Waals surface area contributed by atoms with Crippen molar-refractivity contribution in [1.29, 1.82) is 5.26 Å². The molecule has 1 aromatic carbocycles. The number of nitriles is 1. The second-order valence-electron chi connectivity index (χ2n) is 4.60. The third kappa shape index (κ3) is 2.63. The van der Waals surface area contributed by atoms with Gasteiger partial charge in [-0.2, -0.15) is 9.57 Å². The van der Waals surface area contributed by atoms with Crippen LogP contribution in [0.3, 0.4) is 0 Å². The second kappa shape index (κ2) is 5.29.